The van der Waals surface area contributed by atoms with Gasteiger partial charge >= 0.3 is 0 Å². The highest BCUT2D eigenvalue weighted by Crippen LogP contribution is 2.49. The number of aryl methyl sites for hydroxylation is 1. The molecule has 0 radical (unpaired) electrons. The number of ether oxygens (including phenoxy) is 1. The van der Waals surface area contributed by atoms with Crippen molar-refractivity contribution < 1.29 is 38.9 Å². The number of nitrogens with one attached hydrogen (secondary N) is 4. The number of amides is 4. The van der Waals surface area contributed by atoms with E-state index >= 15 is 0 Å². The smallest absolute Gasteiger partial charge is 0.246 e. The Labute approximate surface area is 319 Å². The van der Waals surface area contributed by atoms with Gasteiger partial charge in [0.05, 0.1) is 25.8 Å². The molecule has 4 rings (SSSR count). The highest BCUT2D eigenvalue weighted by atomic mass is 16.5. The largest absolute Gasteiger partial charge is 0.434 e. The van der Waals surface area contributed by atoms with Crippen LogP contribution in [0.4, 0.5) is 0 Å². The molecule has 7 N–H and O–H groups in total. The van der Waals surface area contributed by atoms with E-state index in [9.17, 15) is 29.1 Å². The molecule has 0 aromatic heterocycles. The van der Waals surface area contributed by atoms with Gasteiger partial charge in [-0.25, -0.2) is 0 Å². The molecule has 296 valence electrons. The number of hydrogen-bond acceptors (Lipinski definition) is 8. The first-order valence-electron chi connectivity index (χ1n) is 19.2. The highest BCUT2D eigenvalue weighted by Gasteiger charge is 2.62. The van der Waals surface area contributed by atoms with Crippen LogP contribution in [-0.4, -0.2) is 113 Å². The molecule has 0 spiro atoms. The molecule has 13 heteroatoms. The van der Waals surface area contributed by atoms with Crippen LogP contribution < -0.4 is 21.3 Å². The lowest BCUT2D eigenvalue weighted by atomic mass is 9.90. The molecule has 1 heterocycles. The van der Waals surface area contributed by atoms with Crippen molar-refractivity contribution in [1.29, 1.82) is 0 Å². The molecule has 0 bridgehead atoms. The van der Waals surface area contributed by atoms with Gasteiger partial charge in [0.15, 0.2) is 0 Å². The Hall–Kier alpha value is -4.17. The van der Waals surface area contributed by atoms with Gasteiger partial charge in [-0.05, 0) is 54.6 Å². The normalized spacial score (nSPS) is 21.3. The molecular formula is C41H60N5O8+. The third kappa shape index (κ3) is 11.9. The first kappa shape index (κ1) is 42.6. The lowest BCUT2D eigenvalue weighted by molar-refractivity contribution is -0.144. The fourth-order valence-electron chi connectivity index (χ4n) is 7.07. The number of aliphatic hydroxyl groups excluding tert-OH is 1. The van der Waals surface area contributed by atoms with Crippen molar-refractivity contribution in [1.82, 2.24) is 26.2 Å². The second-order valence-electron chi connectivity index (χ2n) is 15.8. The minimum atomic E-state index is -1.83. The van der Waals surface area contributed by atoms with E-state index < -0.39 is 59.4 Å². The van der Waals surface area contributed by atoms with Crippen LogP contribution in [0, 0.1) is 17.8 Å². The van der Waals surface area contributed by atoms with Gasteiger partial charge < -0.3 is 36.2 Å². The van der Waals surface area contributed by atoms with Crippen molar-refractivity contribution in [3.63, 3.8) is 0 Å². The number of morpholine rings is 1. The maximum Gasteiger partial charge on any atom is 0.246 e. The first-order chi connectivity index (χ1) is 25.6. The van der Waals surface area contributed by atoms with Crippen molar-refractivity contribution in [3.8, 4) is 0 Å². The second-order valence-corrected chi connectivity index (χ2v) is 15.8. The van der Waals surface area contributed by atoms with Crippen molar-refractivity contribution in [2.24, 2.45) is 17.8 Å². The van der Waals surface area contributed by atoms with Crippen LogP contribution in [0.5, 0.6) is 0 Å². The number of aliphatic hydroxyl groups is 1. The van der Waals surface area contributed by atoms with Crippen LogP contribution in [0.1, 0.15) is 65.0 Å². The summed E-state index contributed by atoms with van der Waals surface area (Å²) >= 11 is 0. The quantitative estimate of drug-likeness (QED) is 0.125. The second kappa shape index (κ2) is 19.4. The summed E-state index contributed by atoms with van der Waals surface area (Å²) in [5, 5.41) is 29.8. The Kier molecular flexibility index (Phi) is 15.3. The summed E-state index contributed by atoms with van der Waals surface area (Å²) in [4.78, 5) is 71.2. The van der Waals surface area contributed by atoms with Gasteiger partial charge in [0.25, 0.3) is 0 Å². The van der Waals surface area contributed by atoms with E-state index in [0.29, 0.717) is 45.6 Å². The summed E-state index contributed by atoms with van der Waals surface area (Å²) < 4.78 is 5.41. The maximum absolute atomic E-state index is 14.4. The topological polar surface area (TPSA) is 189 Å². The van der Waals surface area contributed by atoms with E-state index in [2.05, 4.69) is 21.3 Å². The Balaban J connectivity index is 1.57. The van der Waals surface area contributed by atoms with Gasteiger partial charge in [-0.15, -0.1) is 0 Å². The third-order valence-electron chi connectivity index (χ3n) is 10.4. The average Bonchev–Trinajstić information content (AvgIpc) is 3.89. The van der Waals surface area contributed by atoms with Crippen molar-refractivity contribution in [2.45, 2.75) is 96.0 Å². The molecule has 1 saturated carbocycles. The SMILES string of the molecule is CC(C)CC(NC(=O)[C@H](Cc1ccccc1)NC(=O)C1(NC(=O)[C@H](CCc2ccccc2)NC(=O)CN2CCOCC2)C[C@H]1C(C)C)C(=O)[C@](C)([OH2+])CO. The van der Waals surface area contributed by atoms with E-state index in [1.807, 2.05) is 93.3 Å². The zero-order chi connectivity index (χ0) is 39.5. The van der Waals surface area contributed by atoms with Crippen LogP contribution in [0.3, 0.4) is 0 Å². The fourth-order valence-corrected chi connectivity index (χ4v) is 7.07. The summed E-state index contributed by atoms with van der Waals surface area (Å²) in [6.45, 7) is 10.7. The van der Waals surface area contributed by atoms with E-state index in [4.69, 9.17) is 9.84 Å². The number of carbonyl (C=O) groups is 5. The molecule has 13 nitrogen and oxygen atoms in total. The molecule has 2 unspecified atom stereocenters. The minimum absolute atomic E-state index is 0.0115. The molecule has 1 aliphatic carbocycles. The molecule has 1 saturated heterocycles. The molecule has 2 aromatic rings. The van der Waals surface area contributed by atoms with Crippen molar-refractivity contribution in [3.05, 3.63) is 71.8 Å². The van der Waals surface area contributed by atoms with Crippen molar-refractivity contribution in [2.75, 3.05) is 39.5 Å². The van der Waals surface area contributed by atoms with Gasteiger partial charge in [0.1, 0.15) is 24.2 Å². The number of rotatable bonds is 20. The monoisotopic (exact) mass is 750 g/mol. The summed E-state index contributed by atoms with van der Waals surface area (Å²) in [6.07, 6.45) is 1.51. The Morgan fingerprint density at radius 2 is 1.48 bits per heavy atom. The first-order valence-corrected chi connectivity index (χ1v) is 19.2. The molecule has 2 aromatic carbocycles. The highest BCUT2D eigenvalue weighted by molar-refractivity contribution is 6.00. The molecule has 2 aliphatic rings. The summed E-state index contributed by atoms with van der Waals surface area (Å²) in [5.74, 6) is -2.78. The zero-order valence-corrected chi connectivity index (χ0v) is 32.4. The van der Waals surface area contributed by atoms with E-state index in [0.717, 1.165) is 11.1 Å². The van der Waals surface area contributed by atoms with E-state index in [-0.39, 0.29) is 43.0 Å². The predicted octanol–water partition coefficient (Wildman–Crippen LogP) is 1.27. The lowest BCUT2D eigenvalue weighted by Gasteiger charge is -2.29. The van der Waals surface area contributed by atoms with Crippen LogP contribution in [-0.2, 0) is 41.6 Å². The lowest BCUT2D eigenvalue weighted by Crippen LogP contribution is -2.61. The molecule has 2 fully saturated rings. The third-order valence-corrected chi connectivity index (χ3v) is 10.4. The summed E-state index contributed by atoms with van der Waals surface area (Å²) in [6, 6.07) is 15.7. The Bertz CT molecular complexity index is 1560. The van der Waals surface area contributed by atoms with Gasteiger partial charge in [-0.1, -0.05) is 88.4 Å². The standard InChI is InChI=1S/C41H59N5O8/c1-27(2)22-33(36(49)40(5,53)26-47)43-37(50)34(23-30-14-10-7-11-15-30)44-39(52)41(24-31(41)28(3)4)45-38(51)32(17-16-29-12-8-6-9-13-29)42-35(48)25-46-18-20-54-21-19-46/h6-15,27-28,31-34,47,53H,16-26H2,1-5H3,(H,42,48)(H,43,50)(H,44,52)(H,45,51)/p+1/t31-,32-,33?,34-,40+,41?/m0/s1. The van der Waals surface area contributed by atoms with Gasteiger partial charge in [0.2, 0.25) is 35.0 Å². The number of benzene rings is 2. The molecule has 1 aliphatic heterocycles. The predicted molar refractivity (Wildman–Crippen MR) is 205 cm³/mol. The number of carbonyl (C=O) groups excluding carboxylic acids is 5. The average molecular weight is 751 g/mol. The summed E-state index contributed by atoms with van der Waals surface area (Å²) in [5.41, 5.74) is -1.38. The van der Waals surface area contributed by atoms with E-state index in [1.54, 1.807) is 0 Å². The molecule has 6 atom stereocenters. The Morgan fingerprint density at radius 3 is 2.04 bits per heavy atom. The molecular weight excluding hydrogens is 690 g/mol. The van der Waals surface area contributed by atoms with Crippen LogP contribution in [0.25, 0.3) is 0 Å². The molecule has 4 amide bonds. The summed E-state index contributed by atoms with van der Waals surface area (Å²) in [7, 11) is 0. The van der Waals surface area contributed by atoms with Crippen LogP contribution in [0.15, 0.2) is 60.7 Å². The van der Waals surface area contributed by atoms with Gasteiger partial charge in [-0.3, -0.25) is 28.9 Å². The molecule has 54 heavy (non-hydrogen) atoms. The number of ketones is 1. The van der Waals surface area contributed by atoms with E-state index in [1.165, 1.54) is 6.92 Å². The number of hydrogen-bond donors (Lipinski definition) is 5. The van der Waals surface area contributed by atoms with Crippen molar-refractivity contribution >= 4 is 29.4 Å². The van der Waals surface area contributed by atoms with Crippen LogP contribution >= 0.6 is 0 Å². The number of Topliss-reactive ketones (excluding diaryl/α,β-unsaturated/α-hetero) is 1. The minimum Gasteiger partial charge on any atom is -0.434 e. The fraction of sp³-hybridized carbons (Fsp3) is 0.585. The van der Waals surface area contributed by atoms with Gasteiger partial charge in [0, 0.05) is 26.4 Å². The van der Waals surface area contributed by atoms with Crippen LogP contribution in [0.2, 0.25) is 0 Å². The Morgan fingerprint density at radius 1 is 0.870 bits per heavy atom. The maximum atomic E-state index is 14.4. The zero-order valence-electron chi connectivity index (χ0n) is 32.4. The van der Waals surface area contributed by atoms with Gasteiger partial charge in [-0.2, -0.15) is 0 Å². The number of nitrogens with zero attached hydrogens (tertiary/aromatic N) is 1.